The van der Waals surface area contributed by atoms with Crippen molar-refractivity contribution in [1.29, 1.82) is 0 Å². The van der Waals surface area contributed by atoms with Gasteiger partial charge in [0.15, 0.2) is 4.96 Å². The van der Waals surface area contributed by atoms with Gasteiger partial charge >= 0.3 is 0 Å². The van der Waals surface area contributed by atoms with Crippen LogP contribution in [0.3, 0.4) is 0 Å². The normalized spacial score (nSPS) is 12.3. The van der Waals surface area contributed by atoms with Gasteiger partial charge in [-0.05, 0) is 39.2 Å². The molecule has 0 spiro atoms. The third-order valence-corrected chi connectivity index (χ3v) is 5.42. The molecular weight excluding hydrogens is 334 g/mol. The largest absolute Gasteiger partial charge is 0.349 e. The van der Waals surface area contributed by atoms with Gasteiger partial charge in [-0.1, -0.05) is 30.3 Å². The first-order chi connectivity index (χ1) is 12.0. The van der Waals surface area contributed by atoms with Gasteiger partial charge in [-0.25, -0.2) is 4.98 Å². The molecule has 0 aliphatic carbocycles. The molecule has 1 amide bonds. The van der Waals surface area contributed by atoms with Gasteiger partial charge in [-0.15, -0.1) is 11.3 Å². The molecule has 0 aliphatic rings. The van der Waals surface area contributed by atoms with E-state index >= 15 is 0 Å². The second-order valence-corrected chi connectivity index (χ2v) is 7.42. The molecule has 3 rings (SSSR count). The fourth-order valence-electron chi connectivity index (χ4n) is 2.73. The number of rotatable bonds is 5. The molecule has 2 aromatic heterocycles. The standard InChI is InChI=1S/C19H21N3O2S/c1-12(9-10-15-7-5-4-6-8-15)21-17(23)16-11-20-19-22(18(16)24)13(2)14(3)25-19/h4-8,11-12H,9-10H2,1-3H3,(H,21,23)/t12-/m1/s1. The van der Waals surface area contributed by atoms with Crippen molar-refractivity contribution in [2.45, 2.75) is 39.7 Å². The van der Waals surface area contributed by atoms with E-state index in [4.69, 9.17) is 0 Å². The summed E-state index contributed by atoms with van der Waals surface area (Å²) in [5, 5.41) is 2.91. The number of amides is 1. The van der Waals surface area contributed by atoms with Crippen molar-refractivity contribution < 1.29 is 4.79 Å². The molecule has 6 heteroatoms. The summed E-state index contributed by atoms with van der Waals surface area (Å²) in [4.78, 5) is 31.0. The van der Waals surface area contributed by atoms with E-state index in [1.165, 1.54) is 27.5 Å². The summed E-state index contributed by atoms with van der Waals surface area (Å²) >= 11 is 1.45. The third-order valence-electron chi connectivity index (χ3n) is 4.35. The highest BCUT2D eigenvalue weighted by molar-refractivity contribution is 7.17. The lowest BCUT2D eigenvalue weighted by molar-refractivity contribution is 0.0936. The SMILES string of the molecule is Cc1sc2ncc(C(=O)N[C@H](C)CCc3ccccc3)c(=O)n2c1C. The molecule has 5 nitrogen and oxygen atoms in total. The fraction of sp³-hybridized carbons (Fsp3) is 0.316. The van der Waals surface area contributed by atoms with Crippen LogP contribution in [0.2, 0.25) is 0 Å². The van der Waals surface area contributed by atoms with Gasteiger partial charge < -0.3 is 5.32 Å². The Hall–Kier alpha value is -2.47. The van der Waals surface area contributed by atoms with Crippen LogP contribution in [0, 0.1) is 13.8 Å². The fourth-order valence-corrected chi connectivity index (χ4v) is 3.66. The number of hydrogen-bond donors (Lipinski definition) is 1. The molecule has 0 saturated heterocycles. The number of carbonyl (C=O) groups excluding carboxylic acids is 1. The van der Waals surface area contributed by atoms with E-state index in [1.807, 2.05) is 39.0 Å². The second kappa shape index (κ2) is 7.19. The number of fused-ring (bicyclic) bond motifs is 1. The average molecular weight is 355 g/mol. The minimum absolute atomic E-state index is 0.0295. The van der Waals surface area contributed by atoms with E-state index in [2.05, 4.69) is 22.4 Å². The molecule has 1 atom stereocenters. The van der Waals surface area contributed by atoms with Crippen LogP contribution in [0.25, 0.3) is 4.96 Å². The van der Waals surface area contributed by atoms with Gasteiger partial charge in [0.05, 0.1) is 0 Å². The Morgan fingerprint density at radius 2 is 2.00 bits per heavy atom. The first-order valence-corrected chi connectivity index (χ1v) is 9.11. The molecule has 0 unspecified atom stereocenters. The summed E-state index contributed by atoms with van der Waals surface area (Å²) < 4.78 is 1.52. The van der Waals surface area contributed by atoms with E-state index in [1.54, 1.807) is 0 Å². The molecule has 25 heavy (non-hydrogen) atoms. The molecule has 130 valence electrons. The molecule has 1 aromatic carbocycles. The van der Waals surface area contributed by atoms with Crippen molar-refractivity contribution in [2.24, 2.45) is 0 Å². The van der Waals surface area contributed by atoms with Crippen LogP contribution in [-0.4, -0.2) is 21.3 Å². The third kappa shape index (κ3) is 3.64. The summed E-state index contributed by atoms with van der Waals surface area (Å²) in [6.07, 6.45) is 3.07. The lowest BCUT2D eigenvalue weighted by atomic mass is 10.1. The first kappa shape index (κ1) is 17.4. The van der Waals surface area contributed by atoms with Gasteiger partial charge in [0.1, 0.15) is 5.56 Å². The highest BCUT2D eigenvalue weighted by Gasteiger charge is 2.18. The molecule has 0 radical (unpaired) electrons. The van der Waals surface area contributed by atoms with Gasteiger partial charge in [-0.3, -0.25) is 14.0 Å². The van der Waals surface area contributed by atoms with Crippen LogP contribution in [-0.2, 0) is 6.42 Å². The Morgan fingerprint density at radius 3 is 2.72 bits per heavy atom. The lowest BCUT2D eigenvalue weighted by Gasteiger charge is -2.13. The molecular formula is C19H21N3O2S. The van der Waals surface area contributed by atoms with Gasteiger partial charge in [0.25, 0.3) is 11.5 Å². The van der Waals surface area contributed by atoms with Crippen molar-refractivity contribution in [3.8, 4) is 0 Å². The maximum Gasteiger partial charge on any atom is 0.271 e. The van der Waals surface area contributed by atoms with Crippen molar-refractivity contribution in [2.75, 3.05) is 0 Å². The number of aromatic nitrogens is 2. The molecule has 0 aliphatic heterocycles. The zero-order chi connectivity index (χ0) is 18.0. The second-order valence-electron chi connectivity index (χ2n) is 6.24. The van der Waals surface area contributed by atoms with Crippen LogP contribution < -0.4 is 10.9 Å². The molecule has 0 fully saturated rings. The lowest BCUT2D eigenvalue weighted by Crippen LogP contribution is -2.37. The summed E-state index contributed by atoms with van der Waals surface area (Å²) in [5.74, 6) is -0.365. The maximum atomic E-state index is 12.6. The van der Waals surface area contributed by atoms with Crippen LogP contribution in [0.5, 0.6) is 0 Å². The molecule has 2 heterocycles. The number of aryl methyl sites for hydroxylation is 3. The van der Waals surface area contributed by atoms with Gasteiger partial charge in [-0.2, -0.15) is 0 Å². The number of hydrogen-bond acceptors (Lipinski definition) is 4. The number of nitrogens with zero attached hydrogens (tertiary/aromatic N) is 2. The Balaban J connectivity index is 1.72. The Bertz CT molecular complexity index is 960. The predicted octanol–water partition coefficient (Wildman–Crippen LogP) is 3.12. The maximum absolute atomic E-state index is 12.6. The quantitative estimate of drug-likeness (QED) is 0.765. The predicted molar refractivity (Wildman–Crippen MR) is 101 cm³/mol. The van der Waals surface area contributed by atoms with E-state index in [0.717, 1.165) is 23.4 Å². The summed E-state index contributed by atoms with van der Waals surface area (Å²) in [5.41, 5.74) is 1.85. The summed E-state index contributed by atoms with van der Waals surface area (Å²) in [6.45, 7) is 5.76. The zero-order valence-corrected chi connectivity index (χ0v) is 15.4. The number of benzene rings is 1. The van der Waals surface area contributed by atoms with E-state index < -0.39 is 0 Å². The highest BCUT2D eigenvalue weighted by Crippen LogP contribution is 2.18. The summed E-state index contributed by atoms with van der Waals surface area (Å²) in [6, 6.07) is 10.1. The van der Waals surface area contributed by atoms with Crippen molar-refractivity contribution in [3.63, 3.8) is 0 Å². The highest BCUT2D eigenvalue weighted by atomic mass is 32.1. The molecule has 0 saturated carbocycles. The molecule has 0 bridgehead atoms. The van der Waals surface area contributed by atoms with Crippen LogP contribution >= 0.6 is 11.3 Å². The minimum Gasteiger partial charge on any atom is -0.349 e. The number of thiazole rings is 1. The van der Waals surface area contributed by atoms with Crippen molar-refractivity contribution >= 4 is 22.2 Å². The van der Waals surface area contributed by atoms with Crippen LogP contribution in [0.15, 0.2) is 41.3 Å². The number of nitrogens with one attached hydrogen (secondary N) is 1. The minimum atomic E-state index is -0.365. The van der Waals surface area contributed by atoms with Crippen molar-refractivity contribution in [1.82, 2.24) is 14.7 Å². The van der Waals surface area contributed by atoms with Crippen LogP contribution in [0.1, 0.15) is 39.8 Å². The van der Waals surface area contributed by atoms with Gasteiger partial charge in [0, 0.05) is 22.8 Å². The van der Waals surface area contributed by atoms with Gasteiger partial charge in [0.2, 0.25) is 0 Å². The summed E-state index contributed by atoms with van der Waals surface area (Å²) in [7, 11) is 0. The first-order valence-electron chi connectivity index (χ1n) is 8.30. The van der Waals surface area contributed by atoms with E-state index in [9.17, 15) is 9.59 Å². The average Bonchev–Trinajstić information content (AvgIpc) is 2.89. The van der Waals surface area contributed by atoms with E-state index in [0.29, 0.717) is 4.96 Å². The van der Waals surface area contributed by atoms with Crippen LogP contribution in [0.4, 0.5) is 0 Å². The molecule has 3 aromatic rings. The Kier molecular flexibility index (Phi) is 4.99. The van der Waals surface area contributed by atoms with Crippen molar-refractivity contribution in [3.05, 3.63) is 68.6 Å². The Labute approximate surface area is 150 Å². The Morgan fingerprint density at radius 1 is 1.28 bits per heavy atom. The van der Waals surface area contributed by atoms with E-state index in [-0.39, 0.29) is 23.1 Å². The smallest absolute Gasteiger partial charge is 0.271 e. The zero-order valence-electron chi connectivity index (χ0n) is 14.6. The topological polar surface area (TPSA) is 63.5 Å². The molecule has 1 N–H and O–H groups in total. The number of carbonyl (C=O) groups is 1. The monoisotopic (exact) mass is 355 g/mol.